The number of nitro groups is 1. The van der Waals surface area contributed by atoms with Gasteiger partial charge >= 0.3 is 23.7 Å². The third kappa shape index (κ3) is 5.55. The Morgan fingerprint density at radius 3 is 2.32 bits per heavy atom. The first-order valence-corrected chi connectivity index (χ1v) is 8.27. The van der Waals surface area contributed by atoms with Crippen molar-refractivity contribution in [3.05, 3.63) is 39.2 Å². The topological polar surface area (TPSA) is 145 Å². The fourth-order valence-electron chi connectivity index (χ4n) is 2.16. The van der Waals surface area contributed by atoms with E-state index in [1.807, 2.05) is 5.32 Å². The number of carboxylic acids is 1. The van der Waals surface area contributed by atoms with E-state index in [0.29, 0.717) is 0 Å². The predicted octanol–water partition coefficient (Wildman–Crippen LogP) is 2.47. The van der Waals surface area contributed by atoms with Crippen molar-refractivity contribution in [1.82, 2.24) is 5.32 Å². The van der Waals surface area contributed by atoms with E-state index in [0.717, 1.165) is 19.2 Å². The molecule has 0 aliphatic rings. The molecule has 1 rings (SSSR count). The summed E-state index contributed by atoms with van der Waals surface area (Å²) in [7, 11) is 0.966. The fourth-order valence-corrected chi connectivity index (χ4v) is 2.57. The Kier molecular flexibility index (Phi) is 7.33. The third-order valence-electron chi connectivity index (χ3n) is 3.31. The number of carbonyl (C=O) groups is 3. The lowest BCUT2D eigenvalue weighted by molar-refractivity contribution is -0.388. The number of nitrogens with zero attached hydrogens (tertiary/aromatic N) is 1. The lowest BCUT2D eigenvalue weighted by atomic mass is 10.0. The number of aliphatic carboxylic acids is 1. The molecule has 1 aromatic carbocycles. The van der Waals surface area contributed by atoms with Crippen molar-refractivity contribution in [2.75, 3.05) is 7.11 Å². The number of thiol groups is 1. The van der Waals surface area contributed by atoms with Crippen LogP contribution in [0.4, 0.5) is 14.9 Å². The van der Waals surface area contributed by atoms with Gasteiger partial charge in [-0.15, -0.1) is 0 Å². The van der Waals surface area contributed by atoms with Gasteiger partial charge in [-0.2, -0.15) is 17.0 Å². The van der Waals surface area contributed by atoms with Crippen molar-refractivity contribution in [1.29, 1.82) is 0 Å². The van der Waals surface area contributed by atoms with E-state index in [1.54, 1.807) is 20.8 Å². The maximum absolute atomic E-state index is 14.5. The van der Waals surface area contributed by atoms with Crippen LogP contribution in [-0.2, 0) is 14.3 Å². The van der Waals surface area contributed by atoms with Crippen molar-refractivity contribution >= 4 is 36.3 Å². The van der Waals surface area contributed by atoms with Gasteiger partial charge in [0.05, 0.1) is 17.3 Å². The highest BCUT2D eigenvalue weighted by Crippen LogP contribution is 2.35. The van der Waals surface area contributed by atoms with Gasteiger partial charge in [0.1, 0.15) is 17.2 Å². The molecule has 0 radical (unpaired) electrons. The van der Waals surface area contributed by atoms with E-state index in [2.05, 4.69) is 17.4 Å². The van der Waals surface area contributed by atoms with Crippen LogP contribution in [0.2, 0.25) is 0 Å². The summed E-state index contributed by atoms with van der Waals surface area (Å²) in [6, 6.07) is 0.0805. The Labute approximate surface area is 164 Å². The van der Waals surface area contributed by atoms with Crippen LogP contribution in [0, 0.1) is 15.9 Å². The molecule has 2 N–H and O–H groups in total. The zero-order valence-corrected chi connectivity index (χ0v) is 16.3. The van der Waals surface area contributed by atoms with E-state index in [4.69, 9.17) is 4.74 Å². The summed E-state index contributed by atoms with van der Waals surface area (Å²) in [6.07, 6.45) is -1.10. The van der Waals surface area contributed by atoms with Crippen LogP contribution in [-0.4, -0.2) is 46.8 Å². The average Bonchev–Trinajstić information content (AvgIpc) is 2.55. The SMILES string of the molecule is COC(=O)c1ccc(C(S)[C@H](NC(=O)OC(C)(C)C)C(=O)O)c([N+](=O)[O-])c1F. The number of benzene rings is 1. The zero-order valence-electron chi connectivity index (χ0n) is 15.4. The van der Waals surface area contributed by atoms with Gasteiger partial charge in [-0.25, -0.2) is 14.4 Å². The van der Waals surface area contributed by atoms with E-state index in [9.17, 15) is 34.0 Å². The predicted molar refractivity (Wildman–Crippen MR) is 96.9 cm³/mol. The first kappa shape index (κ1) is 23.1. The van der Waals surface area contributed by atoms with Crippen molar-refractivity contribution < 1.29 is 38.3 Å². The molecule has 1 aromatic rings. The maximum Gasteiger partial charge on any atom is 0.408 e. The van der Waals surface area contributed by atoms with Gasteiger partial charge in [0.25, 0.3) is 0 Å². The number of esters is 1. The molecule has 154 valence electrons. The largest absolute Gasteiger partial charge is 0.480 e. The Bertz CT molecular complexity index is 809. The number of halogens is 1. The molecule has 2 atom stereocenters. The average molecular weight is 418 g/mol. The van der Waals surface area contributed by atoms with Crippen LogP contribution in [0.15, 0.2) is 12.1 Å². The quantitative estimate of drug-likeness (QED) is 0.276. The van der Waals surface area contributed by atoms with Crippen LogP contribution in [0.1, 0.15) is 41.9 Å². The Morgan fingerprint density at radius 2 is 1.89 bits per heavy atom. The van der Waals surface area contributed by atoms with Crippen molar-refractivity contribution in [2.45, 2.75) is 37.7 Å². The number of rotatable bonds is 6. The Balaban J connectivity index is 3.36. The van der Waals surface area contributed by atoms with Gasteiger partial charge in [-0.3, -0.25) is 10.1 Å². The molecule has 0 saturated heterocycles. The molecule has 0 spiro atoms. The number of carboxylic acid groups (broad SMARTS) is 1. The van der Waals surface area contributed by atoms with E-state index >= 15 is 0 Å². The minimum Gasteiger partial charge on any atom is -0.480 e. The minimum atomic E-state index is -1.79. The van der Waals surface area contributed by atoms with Crippen molar-refractivity contribution in [2.24, 2.45) is 0 Å². The molecule has 28 heavy (non-hydrogen) atoms. The molecule has 0 heterocycles. The number of ether oxygens (including phenoxy) is 2. The molecule has 12 heteroatoms. The Morgan fingerprint density at radius 1 is 1.32 bits per heavy atom. The number of carbonyl (C=O) groups excluding carboxylic acids is 2. The number of methoxy groups -OCH3 is 1. The highest BCUT2D eigenvalue weighted by atomic mass is 32.1. The van der Waals surface area contributed by atoms with Crippen LogP contribution in [0.3, 0.4) is 0 Å². The minimum absolute atomic E-state index is 0.457. The molecule has 0 aliphatic heterocycles. The smallest absolute Gasteiger partial charge is 0.408 e. The lowest BCUT2D eigenvalue weighted by Gasteiger charge is -2.24. The second kappa shape index (κ2) is 8.87. The van der Waals surface area contributed by atoms with Gasteiger partial charge in [0.15, 0.2) is 0 Å². The highest BCUT2D eigenvalue weighted by Gasteiger charge is 2.37. The first-order valence-electron chi connectivity index (χ1n) is 7.75. The summed E-state index contributed by atoms with van der Waals surface area (Å²) >= 11 is 4.02. The Hall–Kier alpha value is -2.89. The summed E-state index contributed by atoms with van der Waals surface area (Å²) in [5.41, 5.74) is -3.24. The maximum atomic E-state index is 14.5. The number of amides is 1. The van der Waals surface area contributed by atoms with E-state index < -0.39 is 62.5 Å². The highest BCUT2D eigenvalue weighted by molar-refractivity contribution is 7.80. The summed E-state index contributed by atoms with van der Waals surface area (Å²) in [4.78, 5) is 45.2. The molecule has 0 aromatic heterocycles. The van der Waals surface area contributed by atoms with E-state index in [-0.39, 0.29) is 0 Å². The second-order valence-corrected chi connectivity index (χ2v) is 7.08. The zero-order chi connectivity index (χ0) is 21.8. The molecular weight excluding hydrogens is 399 g/mol. The van der Waals surface area contributed by atoms with E-state index in [1.165, 1.54) is 0 Å². The summed E-state index contributed by atoms with van der Waals surface area (Å²) in [5, 5.41) is 21.2. The monoisotopic (exact) mass is 418 g/mol. The molecule has 10 nitrogen and oxygen atoms in total. The van der Waals surface area contributed by atoms with Gasteiger partial charge in [-0.1, -0.05) is 0 Å². The molecule has 0 saturated carbocycles. The van der Waals surface area contributed by atoms with Gasteiger partial charge in [0.2, 0.25) is 5.82 Å². The summed E-state index contributed by atoms with van der Waals surface area (Å²) in [6.45, 7) is 4.64. The van der Waals surface area contributed by atoms with Crippen molar-refractivity contribution in [3.63, 3.8) is 0 Å². The normalized spacial score (nSPS) is 13.2. The fraction of sp³-hybridized carbons (Fsp3) is 0.438. The van der Waals surface area contributed by atoms with Gasteiger partial charge < -0.3 is 19.9 Å². The summed E-state index contributed by atoms with van der Waals surface area (Å²) in [5.74, 6) is -4.24. The number of alkyl carbamates (subject to hydrolysis) is 1. The summed E-state index contributed by atoms with van der Waals surface area (Å²) < 4.78 is 23.8. The molecule has 1 unspecified atom stereocenters. The second-order valence-electron chi connectivity index (χ2n) is 6.52. The molecule has 1 amide bonds. The van der Waals surface area contributed by atoms with Gasteiger partial charge in [0, 0.05) is 5.56 Å². The van der Waals surface area contributed by atoms with Crippen LogP contribution >= 0.6 is 12.6 Å². The first-order chi connectivity index (χ1) is 12.8. The van der Waals surface area contributed by atoms with Gasteiger partial charge in [-0.05, 0) is 32.9 Å². The van der Waals surface area contributed by atoms with Crippen LogP contribution in [0.5, 0.6) is 0 Å². The molecule has 0 fully saturated rings. The molecule has 0 aliphatic carbocycles. The number of nitro benzene ring substituents is 1. The van der Waals surface area contributed by atoms with Crippen LogP contribution < -0.4 is 5.32 Å². The lowest BCUT2D eigenvalue weighted by Crippen LogP contribution is -2.45. The standard InChI is InChI=1S/C16H19FN2O8S/c1-16(2,3)27-15(23)18-10(13(20)21)12(28)8-6-5-7(14(22)26-4)9(17)11(8)19(24)25/h5-6,10,12,28H,1-4H3,(H,18,23)(H,20,21)/t10-,12?/m0/s1. The number of nitrogens with one attached hydrogen (secondary N) is 1. The van der Waals surface area contributed by atoms with Crippen molar-refractivity contribution in [3.8, 4) is 0 Å². The third-order valence-corrected chi connectivity index (χ3v) is 3.88. The molecule has 0 bridgehead atoms. The number of hydrogen-bond acceptors (Lipinski definition) is 8. The number of hydrogen-bond donors (Lipinski definition) is 3. The molecular formula is C16H19FN2O8S. The van der Waals surface area contributed by atoms with Crippen LogP contribution in [0.25, 0.3) is 0 Å².